The molecule has 0 aliphatic carbocycles. The number of fused-ring (bicyclic) bond motifs is 1. The first-order valence-electron chi connectivity index (χ1n) is 7.37. The van der Waals surface area contributed by atoms with Crippen molar-refractivity contribution in [2.75, 3.05) is 19.8 Å². The van der Waals surface area contributed by atoms with Gasteiger partial charge >= 0.3 is 0 Å². The van der Waals surface area contributed by atoms with E-state index in [0.717, 1.165) is 31.4 Å². The van der Waals surface area contributed by atoms with Gasteiger partial charge in [-0.05, 0) is 19.3 Å². The Bertz CT molecular complexity index is 510. The second kappa shape index (κ2) is 4.57. The van der Waals surface area contributed by atoms with Crippen molar-refractivity contribution < 1.29 is 14.3 Å². The fourth-order valence-corrected chi connectivity index (χ4v) is 3.85. The Morgan fingerprint density at radius 2 is 2.10 bits per heavy atom. The van der Waals surface area contributed by atoms with Gasteiger partial charge in [0, 0.05) is 12.2 Å². The monoisotopic (exact) mass is 273 g/mol. The van der Waals surface area contributed by atoms with Crippen LogP contribution in [-0.2, 0) is 14.3 Å². The summed E-state index contributed by atoms with van der Waals surface area (Å²) >= 11 is 0. The second-order valence-corrected chi connectivity index (χ2v) is 6.10. The second-order valence-electron chi connectivity index (χ2n) is 6.10. The van der Waals surface area contributed by atoms with Crippen LogP contribution < -0.4 is 0 Å². The van der Waals surface area contributed by atoms with Crippen LogP contribution in [0.25, 0.3) is 0 Å². The summed E-state index contributed by atoms with van der Waals surface area (Å²) in [5.41, 5.74) is 0.789. The van der Waals surface area contributed by atoms with Crippen molar-refractivity contribution in [3.05, 3.63) is 35.9 Å². The topological polar surface area (TPSA) is 38.8 Å². The molecule has 1 spiro atoms. The third kappa shape index (κ3) is 1.71. The normalized spacial score (nSPS) is 36.6. The predicted octanol–water partition coefficient (Wildman–Crippen LogP) is 2.11. The van der Waals surface area contributed by atoms with Crippen molar-refractivity contribution >= 4 is 5.91 Å². The van der Waals surface area contributed by atoms with E-state index in [1.165, 1.54) is 0 Å². The molecule has 20 heavy (non-hydrogen) atoms. The predicted molar refractivity (Wildman–Crippen MR) is 72.9 cm³/mol. The summed E-state index contributed by atoms with van der Waals surface area (Å²) < 4.78 is 11.5. The fourth-order valence-electron chi connectivity index (χ4n) is 3.85. The van der Waals surface area contributed by atoms with Gasteiger partial charge in [0.25, 0.3) is 0 Å². The third-order valence-electron chi connectivity index (χ3n) is 4.81. The zero-order valence-corrected chi connectivity index (χ0v) is 11.5. The van der Waals surface area contributed by atoms with E-state index in [0.29, 0.717) is 13.2 Å². The zero-order chi connectivity index (χ0) is 13.6. The van der Waals surface area contributed by atoms with E-state index in [9.17, 15) is 4.79 Å². The molecule has 0 bridgehead atoms. The molecule has 106 valence electrons. The van der Waals surface area contributed by atoms with Gasteiger partial charge in [0.05, 0.1) is 24.7 Å². The van der Waals surface area contributed by atoms with Crippen molar-refractivity contribution in [3.8, 4) is 0 Å². The lowest BCUT2D eigenvalue weighted by molar-refractivity contribution is -0.148. The van der Waals surface area contributed by atoms with Gasteiger partial charge in [0.1, 0.15) is 0 Å². The molecule has 3 saturated heterocycles. The van der Waals surface area contributed by atoms with Crippen LogP contribution in [0.3, 0.4) is 0 Å². The van der Waals surface area contributed by atoms with Crippen molar-refractivity contribution in [2.45, 2.75) is 31.5 Å². The largest absolute Gasteiger partial charge is 0.380 e. The Morgan fingerprint density at radius 3 is 2.85 bits per heavy atom. The number of carbonyl (C=O) groups excluding carboxylic acids is 1. The first kappa shape index (κ1) is 12.4. The van der Waals surface area contributed by atoms with Crippen LogP contribution in [0.1, 0.15) is 31.1 Å². The fraction of sp³-hybridized carbons (Fsp3) is 0.562. The summed E-state index contributed by atoms with van der Waals surface area (Å²) in [6.45, 7) is 2.02. The zero-order valence-electron chi connectivity index (χ0n) is 11.5. The SMILES string of the molecule is O=C1N2[C@H](CO[C@@H]2c2ccccc2)C[C@@]12CCCOC2. The molecule has 0 saturated carbocycles. The first-order chi connectivity index (χ1) is 9.80. The minimum absolute atomic E-state index is 0.213. The molecule has 3 heterocycles. The molecular formula is C16H19NO3. The molecule has 3 aliphatic heterocycles. The van der Waals surface area contributed by atoms with E-state index in [2.05, 4.69) is 0 Å². The molecule has 4 nitrogen and oxygen atoms in total. The van der Waals surface area contributed by atoms with Gasteiger partial charge < -0.3 is 14.4 Å². The number of rotatable bonds is 1. The summed E-state index contributed by atoms with van der Waals surface area (Å²) in [7, 11) is 0. The molecule has 1 aromatic rings. The van der Waals surface area contributed by atoms with E-state index in [4.69, 9.17) is 9.47 Å². The third-order valence-corrected chi connectivity index (χ3v) is 4.81. The average molecular weight is 273 g/mol. The van der Waals surface area contributed by atoms with Crippen molar-refractivity contribution in [2.24, 2.45) is 5.41 Å². The molecule has 1 amide bonds. The number of hydrogen-bond donors (Lipinski definition) is 0. The molecule has 3 aliphatic rings. The number of amides is 1. The Balaban J connectivity index is 1.64. The minimum Gasteiger partial charge on any atom is -0.380 e. The van der Waals surface area contributed by atoms with Crippen LogP contribution in [0.2, 0.25) is 0 Å². The van der Waals surface area contributed by atoms with E-state index in [-0.39, 0.29) is 23.6 Å². The van der Waals surface area contributed by atoms with Crippen LogP contribution in [0.5, 0.6) is 0 Å². The molecule has 4 rings (SSSR count). The Hall–Kier alpha value is -1.39. The summed E-state index contributed by atoms with van der Waals surface area (Å²) in [6.07, 6.45) is 2.62. The lowest BCUT2D eigenvalue weighted by Crippen LogP contribution is -2.41. The molecule has 3 atom stereocenters. The summed E-state index contributed by atoms with van der Waals surface area (Å²) in [5, 5.41) is 0. The highest BCUT2D eigenvalue weighted by atomic mass is 16.5. The maximum absolute atomic E-state index is 12.9. The summed E-state index contributed by atoms with van der Waals surface area (Å²) in [5.74, 6) is 0.230. The van der Waals surface area contributed by atoms with Crippen molar-refractivity contribution in [3.63, 3.8) is 0 Å². The van der Waals surface area contributed by atoms with Crippen LogP contribution in [0.15, 0.2) is 30.3 Å². The van der Waals surface area contributed by atoms with Gasteiger partial charge in [-0.15, -0.1) is 0 Å². The number of benzene rings is 1. The maximum Gasteiger partial charge on any atom is 0.233 e. The summed E-state index contributed by atoms with van der Waals surface area (Å²) in [4.78, 5) is 14.9. The molecule has 0 unspecified atom stereocenters. The van der Waals surface area contributed by atoms with Crippen molar-refractivity contribution in [1.82, 2.24) is 4.90 Å². The quantitative estimate of drug-likeness (QED) is 0.786. The Morgan fingerprint density at radius 1 is 1.25 bits per heavy atom. The standard InChI is InChI=1S/C16H19NO3/c18-15-16(7-4-8-19-11-16)9-13-10-20-14(17(13)15)12-5-2-1-3-6-12/h1-3,5-6,13-14H,4,7-11H2/t13-,14+,16+/m0/s1. The lowest BCUT2D eigenvalue weighted by atomic mass is 9.80. The number of nitrogens with zero attached hydrogens (tertiary/aromatic N) is 1. The van der Waals surface area contributed by atoms with Gasteiger partial charge in [0.2, 0.25) is 5.91 Å². The van der Waals surface area contributed by atoms with Gasteiger partial charge in [-0.3, -0.25) is 4.79 Å². The molecule has 3 fully saturated rings. The molecule has 0 N–H and O–H groups in total. The highest BCUT2D eigenvalue weighted by Crippen LogP contribution is 2.48. The summed E-state index contributed by atoms with van der Waals surface area (Å²) in [6, 6.07) is 10.2. The van der Waals surface area contributed by atoms with Crippen LogP contribution in [0, 0.1) is 5.41 Å². The van der Waals surface area contributed by atoms with Crippen LogP contribution >= 0.6 is 0 Å². The van der Waals surface area contributed by atoms with E-state index in [1.807, 2.05) is 35.2 Å². The highest BCUT2D eigenvalue weighted by molar-refractivity contribution is 5.86. The molecule has 0 radical (unpaired) electrons. The first-order valence-corrected chi connectivity index (χ1v) is 7.37. The van der Waals surface area contributed by atoms with Crippen LogP contribution in [0.4, 0.5) is 0 Å². The molecular weight excluding hydrogens is 254 g/mol. The van der Waals surface area contributed by atoms with Gasteiger partial charge in [0.15, 0.2) is 6.23 Å². The molecule has 4 heteroatoms. The molecule has 1 aromatic carbocycles. The van der Waals surface area contributed by atoms with Crippen LogP contribution in [-0.4, -0.2) is 36.7 Å². The smallest absolute Gasteiger partial charge is 0.233 e. The highest BCUT2D eigenvalue weighted by Gasteiger charge is 2.57. The van der Waals surface area contributed by atoms with Gasteiger partial charge in [-0.1, -0.05) is 30.3 Å². The minimum atomic E-state index is -0.278. The maximum atomic E-state index is 12.9. The lowest BCUT2D eigenvalue weighted by Gasteiger charge is -2.32. The Labute approximate surface area is 118 Å². The van der Waals surface area contributed by atoms with Gasteiger partial charge in [-0.25, -0.2) is 0 Å². The number of carbonyl (C=O) groups is 1. The average Bonchev–Trinajstić information content (AvgIpc) is 3.01. The van der Waals surface area contributed by atoms with E-state index in [1.54, 1.807) is 0 Å². The number of ether oxygens (including phenoxy) is 2. The van der Waals surface area contributed by atoms with Crippen molar-refractivity contribution in [1.29, 1.82) is 0 Å². The Kier molecular flexibility index (Phi) is 2.82. The number of hydrogen-bond acceptors (Lipinski definition) is 3. The van der Waals surface area contributed by atoms with E-state index < -0.39 is 0 Å². The molecule has 0 aromatic heterocycles. The van der Waals surface area contributed by atoms with E-state index >= 15 is 0 Å². The van der Waals surface area contributed by atoms with Gasteiger partial charge in [-0.2, -0.15) is 0 Å².